The molecule has 0 spiro atoms. The first-order chi connectivity index (χ1) is 31.5. The summed E-state index contributed by atoms with van der Waals surface area (Å²) in [7, 11) is 0. The summed E-state index contributed by atoms with van der Waals surface area (Å²) in [6.45, 7) is 20.6. The first kappa shape index (κ1) is 42.9. The zero-order valence-corrected chi connectivity index (χ0v) is 41.4. The van der Waals surface area contributed by atoms with E-state index in [-0.39, 0.29) is 22.3 Å². The number of benzene rings is 7. The molecule has 3 nitrogen and oxygen atoms in total. The maximum absolute atomic E-state index is 7.56. The second-order valence-electron chi connectivity index (χ2n) is 21.7. The van der Waals surface area contributed by atoms with Crippen LogP contribution in [0.1, 0.15) is 130 Å². The normalized spacial score (nSPS) is 20.8. The molecule has 332 valence electrons. The van der Waals surface area contributed by atoms with E-state index in [1.807, 2.05) is 22.7 Å². The molecule has 0 radical (unpaired) electrons. The predicted molar refractivity (Wildman–Crippen MR) is 289 cm³/mol. The maximum atomic E-state index is 7.56. The van der Waals surface area contributed by atoms with E-state index >= 15 is 0 Å². The van der Waals surface area contributed by atoms with Crippen molar-refractivity contribution in [1.82, 2.24) is 0 Å². The number of nitrogens with two attached hydrogens (primary N) is 2. The van der Waals surface area contributed by atoms with Crippen molar-refractivity contribution in [1.29, 1.82) is 0 Å². The van der Waals surface area contributed by atoms with Gasteiger partial charge >= 0.3 is 0 Å². The van der Waals surface area contributed by atoms with Gasteiger partial charge in [-0.1, -0.05) is 165 Å². The minimum atomic E-state index is -0.514. The molecule has 2 aliphatic carbocycles. The lowest BCUT2D eigenvalue weighted by Gasteiger charge is -2.46. The van der Waals surface area contributed by atoms with Crippen molar-refractivity contribution in [2.75, 3.05) is 10.6 Å². The number of thiophene rings is 2. The third-order valence-electron chi connectivity index (χ3n) is 15.2. The van der Waals surface area contributed by atoms with E-state index in [1.165, 1.54) is 84.9 Å². The molecule has 1 fully saturated rings. The van der Waals surface area contributed by atoms with Gasteiger partial charge in [-0.25, -0.2) is 0 Å². The largest absolute Gasteiger partial charge is 0.397 e. The number of hydrogen-bond acceptors (Lipinski definition) is 5. The van der Waals surface area contributed by atoms with Crippen LogP contribution in [0.2, 0.25) is 0 Å². The van der Waals surface area contributed by atoms with Crippen molar-refractivity contribution in [2.24, 2.45) is 5.73 Å². The molecule has 2 heterocycles. The fraction of sp³-hybridized carbons (Fsp3) is 0.279. The molecule has 0 amide bonds. The Kier molecular flexibility index (Phi) is 9.85. The lowest BCUT2D eigenvalue weighted by Crippen LogP contribution is -2.51. The van der Waals surface area contributed by atoms with Crippen molar-refractivity contribution in [3.05, 3.63) is 189 Å². The molecule has 4 unspecified atom stereocenters. The van der Waals surface area contributed by atoms with Crippen LogP contribution in [0.25, 0.3) is 47.1 Å². The van der Waals surface area contributed by atoms with E-state index in [4.69, 9.17) is 11.5 Å². The smallest absolute Gasteiger partial charge is 0.0809 e. The molecule has 7 aromatic carbocycles. The lowest BCUT2D eigenvalue weighted by atomic mass is 9.81. The van der Waals surface area contributed by atoms with Crippen LogP contribution < -0.4 is 16.4 Å². The lowest BCUT2D eigenvalue weighted by molar-refractivity contribution is 0.463. The quantitative estimate of drug-likeness (QED) is 0.157. The molecule has 5 heteroatoms. The molecule has 4 N–H and O–H groups in total. The highest BCUT2D eigenvalue weighted by atomic mass is 32.1. The van der Waals surface area contributed by atoms with Gasteiger partial charge in [0.2, 0.25) is 0 Å². The van der Waals surface area contributed by atoms with Crippen molar-refractivity contribution in [3.63, 3.8) is 0 Å². The Hall–Kier alpha value is -5.72. The number of nitrogen functional groups attached to an aromatic ring is 1. The van der Waals surface area contributed by atoms with Gasteiger partial charge in [-0.3, -0.25) is 0 Å². The second-order valence-corrected chi connectivity index (χ2v) is 23.8. The van der Waals surface area contributed by atoms with Gasteiger partial charge in [0, 0.05) is 53.1 Å². The number of para-hydroxylation sites is 1. The van der Waals surface area contributed by atoms with Crippen LogP contribution in [0.4, 0.5) is 17.1 Å². The van der Waals surface area contributed by atoms with Crippen molar-refractivity contribution in [2.45, 2.75) is 108 Å². The first-order valence-electron chi connectivity index (χ1n) is 23.7. The molecule has 9 aromatic rings. The Balaban J connectivity index is 1.01. The van der Waals surface area contributed by atoms with E-state index in [0.29, 0.717) is 11.8 Å². The highest BCUT2D eigenvalue weighted by Crippen LogP contribution is 2.66. The first-order valence-corrected chi connectivity index (χ1v) is 25.4. The summed E-state index contributed by atoms with van der Waals surface area (Å²) in [5, 5.41) is 6.41. The van der Waals surface area contributed by atoms with Gasteiger partial charge in [-0.2, -0.15) is 0 Å². The van der Waals surface area contributed by atoms with Crippen LogP contribution in [0.5, 0.6) is 0 Å². The van der Waals surface area contributed by atoms with Crippen LogP contribution in [0.3, 0.4) is 0 Å². The molecule has 4 atom stereocenters. The maximum Gasteiger partial charge on any atom is 0.0809 e. The van der Waals surface area contributed by atoms with E-state index in [2.05, 4.69) is 219 Å². The molecule has 66 heavy (non-hydrogen) atoms. The molecular formula is C61H61N3S2. The average Bonchev–Trinajstić information content (AvgIpc) is 3.79. The van der Waals surface area contributed by atoms with E-state index in [0.717, 1.165) is 23.5 Å². The van der Waals surface area contributed by atoms with Gasteiger partial charge in [0.25, 0.3) is 0 Å². The van der Waals surface area contributed by atoms with Crippen LogP contribution in [0.15, 0.2) is 146 Å². The number of nitrogens with zero attached hydrogens (tertiary/aromatic N) is 1. The van der Waals surface area contributed by atoms with Crippen LogP contribution in [-0.2, 0) is 16.2 Å². The zero-order valence-electron chi connectivity index (χ0n) is 39.8. The Morgan fingerprint density at radius 1 is 0.636 bits per heavy atom. The topological polar surface area (TPSA) is 55.3 Å². The number of fused-ring (bicyclic) bond motifs is 7. The Morgan fingerprint density at radius 3 is 1.86 bits per heavy atom. The Morgan fingerprint density at radius 2 is 1.23 bits per heavy atom. The summed E-state index contributed by atoms with van der Waals surface area (Å²) in [4.78, 5) is 3.67. The third-order valence-corrected chi connectivity index (χ3v) is 17.7. The van der Waals surface area contributed by atoms with Gasteiger partial charge in [0.1, 0.15) is 0 Å². The molecule has 0 saturated heterocycles. The molecule has 1 saturated carbocycles. The van der Waals surface area contributed by atoms with Gasteiger partial charge in [-0.15, -0.1) is 22.7 Å². The van der Waals surface area contributed by atoms with Crippen molar-refractivity contribution >= 4 is 86.8 Å². The molecular weight excluding hydrogens is 839 g/mol. The SMILES string of the molecule is CC(C)c1c2cc3sc4c(c3cc2cc2c1sc1c(N)c(C3CC3(c3ccccc3)c3ccc(C(C)(C)C)cc3)ccc12)C=CC(C)(N(c1ccccc1)c1ccc(C(C)(C)C)cc1)C4N. The molecule has 0 aliphatic heterocycles. The summed E-state index contributed by atoms with van der Waals surface area (Å²) in [6.07, 6.45) is 5.74. The van der Waals surface area contributed by atoms with Crippen LogP contribution in [0, 0.1) is 0 Å². The summed E-state index contributed by atoms with van der Waals surface area (Å²) in [6, 6.07) is 52.1. The highest BCUT2D eigenvalue weighted by molar-refractivity contribution is 7.26. The molecule has 11 rings (SSSR count). The summed E-state index contributed by atoms with van der Waals surface area (Å²) in [5.74, 6) is 0.614. The molecule has 0 bridgehead atoms. The third kappa shape index (κ3) is 6.59. The van der Waals surface area contributed by atoms with Crippen LogP contribution >= 0.6 is 22.7 Å². The highest BCUT2D eigenvalue weighted by Gasteiger charge is 2.57. The summed E-state index contributed by atoms with van der Waals surface area (Å²) < 4.78 is 3.84. The second kappa shape index (κ2) is 15.2. The van der Waals surface area contributed by atoms with Gasteiger partial charge in [-0.05, 0) is 122 Å². The van der Waals surface area contributed by atoms with Crippen molar-refractivity contribution in [3.8, 4) is 0 Å². The minimum Gasteiger partial charge on any atom is -0.397 e. The van der Waals surface area contributed by atoms with Gasteiger partial charge in [0.15, 0.2) is 0 Å². The fourth-order valence-corrected chi connectivity index (χ4v) is 14.1. The van der Waals surface area contributed by atoms with E-state index < -0.39 is 5.54 Å². The Labute approximate surface area is 398 Å². The van der Waals surface area contributed by atoms with E-state index in [9.17, 15) is 0 Å². The van der Waals surface area contributed by atoms with Crippen molar-refractivity contribution < 1.29 is 0 Å². The monoisotopic (exact) mass is 899 g/mol. The minimum absolute atomic E-state index is 0.0676. The number of rotatable bonds is 7. The fourth-order valence-electron chi connectivity index (χ4n) is 11.3. The van der Waals surface area contributed by atoms with Crippen LogP contribution in [-0.4, -0.2) is 5.54 Å². The predicted octanol–water partition coefficient (Wildman–Crippen LogP) is 16.8. The zero-order chi connectivity index (χ0) is 46.1. The average molecular weight is 900 g/mol. The van der Waals surface area contributed by atoms with Gasteiger partial charge < -0.3 is 16.4 Å². The van der Waals surface area contributed by atoms with Gasteiger partial charge in [0.05, 0.1) is 22.0 Å². The summed E-state index contributed by atoms with van der Waals surface area (Å²) in [5.41, 5.74) is 27.0. The number of hydrogen-bond donors (Lipinski definition) is 2. The Bertz CT molecular complexity index is 3360. The molecule has 2 aliphatic rings. The molecule has 2 aromatic heterocycles. The van der Waals surface area contributed by atoms with E-state index in [1.54, 1.807) is 0 Å². The standard InChI is InChI=1S/C61H61N3S2/c1-36(2)52-47-34-51-48(45-30-31-60(9,57(63)56(45)65-51)64(42-18-14-11-15-19-42)43-26-24-39(25-27-43)59(6,7)8)32-37(47)33-49-44-28-29-46(53(62)55(44)66-54(49)52)50-35-61(50,40-16-12-10-13-17-40)41-22-20-38(21-23-41)58(3,4)5/h10-34,36,50,57H,35,62-63H2,1-9H3. The number of anilines is 3. The summed E-state index contributed by atoms with van der Waals surface area (Å²) >= 11 is 3.75.